The zero-order chi connectivity index (χ0) is 14.1. The van der Waals surface area contributed by atoms with Crippen molar-refractivity contribution in [3.63, 3.8) is 0 Å². The van der Waals surface area contributed by atoms with E-state index in [4.69, 9.17) is 16.6 Å². The summed E-state index contributed by atoms with van der Waals surface area (Å²) in [6.45, 7) is 4.24. The Kier molecular flexibility index (Phi) is 8.32. The van der Waals surface area contributed by atoms with Crippen LogP contribution in [0.1, 0.15) is 39.5 Å². The van der Waals surface area contributed by atoms with Crippen LogP contribution in [0.5, 0.6) is 0 Å². The van der Waals surface area contributed by atoms with Gasteiger partial charge in [-0.25, -0.2) is 4.79 Å². The molecule has 0 spiro atoms. The Balaban J connectivity index is 4.28. The van der Waals surface area contributed by atoms with Crippen LogP contribution in [0.25, 0.3) is 0 Å². The molecular formula is C12H25N3O3. The number of hydrogen-bond donors (Lipinski definition) is 4. The van der Waals surface area contributed by atoms with Crippen molar-refractivity contribution < 1.29 is 14.7 Å². The number of hydrogen-bond acceptors (Lipinski definition) is 4. The first-order valence-corrected chi connectivity index (χ1v) is 6.42. The van der Waals surface area contributed by atoms with Gasteiger partial charge < -0.3 is 21.9 Å². The molecule has 1 amide bonds. The fourth-order valence-electron chi connectivity index (χ4n) is 1.58. The first-order chi connectivity index (χ1) is 8.43. The lowest BCUT2D eigenvalue weighted by atomic mass is 9.98. The number of rotatable bonds is 9. The maximum absolute atomic E-state index is 11.7. The number of nitrogens with one attached hydrogen (secondary N) is 1. The Bertz CT molecular complexity index is 271. The molecule has 0 aromatic carbocycles. The maximum atomic E-state index is 11.7. The predicted molar refractivity (Wildman–Crippen MR) is 69.9 cm³/mol. The van der Waals surface area contributed by atoms with Gasteiger partial charge in [0.15, 0.2) is 0 Å². The highest BCUT2D eigenvalue weighted by molar-refractivity contribution is 5.86. The number of unbranched alkanes of at least 4 members (excludes halogenated alkanes) is 1. The van der Waals surface area contributed by atoms with E-state index in [0.29, 0.717) is 19.4 Å². The topological polar surface area (TPSA) is 118 Å². The number of aliphatic carboxylic acids is 1. The van der Waals surface area contributed by atoms with Crippen molar-refractivity contribution in [2.45, 2.75) is 51.6 Å². The molecule has 6 nitrogen and oxygen atoms in total. The summed E-state index contributed by atoms with van der Waals surface area (Å²) in [6.07, 6.45) is 2.79. The van der Waals surface area contributed by atoms with Gasteiger partial charge in [-0.2, -0.15) is 0 Å². The molecule has 18 heavy (non-hydrogen) atoms. The average Bonchev–Trinajstić information content (AvgIpc) is 2.34. The number of carboxylic acid groups (broad SMARTS) is 1. The van der Waals surface area contributed by atoms with Crippen molar-refractivity contribution in [2.75, 3.05) is 6.54 Å². The average molecular weight is 259 g/mol. The molecule has 0 rings (SSSR count). The quantitative estimate of drug-likeness (QED) is 0.437. The highest BCUT2D eigenvalue weighted by Crippen LogP contribution is 2.08. The number of amides is 1. The largest absolute Gasteiger partial charge is 0.480 e. The summed E-state index contributed by atoms with van der Waals surface area (Å²) in [5.74, 6) is -1.55. The normalized spacial score (nSPS) is 15.8. The second-order valence-electron chi connectivity index (χ2n) is 4.60. The molecule has 3 unspecified atom stereocenters. The lowest BCUT2D eigenvalue weighted by molar-refractivity contribution is -0.143. The molecule has 0 aromatic heterocycles. The van der Waals surface area contributed by atoms with Gasteiger partial charge >= 0.3 is 5.97 Å². The molecule has 0 aliphatic heterocycles. The molecule has 3 atom stereocenters. The van der Waals surface area contributed by atoms with Crippen LogP contribution < -0.4 is 16.8 Å². The molecule has 0 saturated heterocycles. The van der Waals surface area contributed by atoms with E-state index in [9.17, 15) is 9.59 Å². The van der Waals surface area contributed by atoms with Crippen LogP contribution in [-0.4, -0.2) is 35.6 Å². The van der Waals surface area contributed by atoms with Crippen LogP contribution in [0.4, 0.5) is 0 Å². The zero-order valence-electron chi connectivity index (χ0n) is 11.2. The highest BCUT2D eigenvalue weighted by Gasteiger charge is 2.27. The van der Waals surface area contributed by atoms with Crippen molar-refractivity contribution in [3.05, 3.63) is 0 Å². The molecule has 0 saturated carbocycles. The van der Waals surface area contributed by atoms with Gasteiger partial charge in [-0.3, -0.25) is 4.79 Å². The van der Waals surface area contributed by atoms with E-state index in [2.05, 4.69) is 5.32 Å². The SMILES string of the molecule is CCC(C)C(NC(=O)C(N)CCCCN)C(=O)O. The molecule has 6 heteroatoms. The number of carboxylic acids is 1. The van der Waals surface area contributed by atoms with Crippen LogP contribution in [-0.2, 0) is 9.59 Å². The monoisotopic (exact) mass is 259 g/mol. The lowest BCUT2D eigenvalue weighted by Gasteiger charge is -2.22. The van der Waals surface area contributed by atoms with Crippen molar-refractivity contribution in [2.24, 2.45) is 17.4 Å². The van der Waals surface area contributed by atoms with E-state index in [0.717, 1.165) is 12.8 Å². The summed E-state index contributed by atoms with van der Waals surface area (Å²) in [7, 11) is 0. The fourth-order valence-corrected chi connectivity index (χ4v) is 1.58. The number of carbonyl (C=O) groups is 2. The van der Waals surface area contributed by atoms with Gasteiger partial charge in [-0.1, -0.05) is 26.7 Å². The van der Waals surface area contributed by atoms with Crippen LogP contribution >= 0.6 is 0 Å². The van der Waals surface area contributed by atoms with Crippen molar-refractivity contribution in [3.8, 4) is 0 Å². The van der Waals surface area contributed by atoms with E-state index in [1.54, 1.807) is 6.92 Å². The van der Waals surface area contributed by atoms with Crippen molar-refractivity contribution in [1.29, 1.82) is 0 Å². The molecule has 6 N–H and O–H groups in total. The standard InChI is InChI=1S/C12H25N3O3/c1-3-8(2)10(12(17)18)15-11(16)9(14)6-4-5-7-13/h8-10H,3-7,13-14H2,1-2H3,(H,15,16)(H,17,18). The minimum absolute atomic E-state index is 0.123. The minimum Gasteiger partial charge on any atom is -0.480 e. The molecule has 0 fully saturated rings. The van der Waals surface area contributed by atoms with Gasteiger partial charge in [0.2, 0.25) is 5.91 Å². The first kappa shape index (κ1) is 16.9. The van der Waals surface area contributed by atoms with Gasteiger partial charge in [0, 0.05) is 0 Å². The molecular weight excluding hydrogens is 234 g/mol. The Morgan fingerprint density at radius 1 is 1.33 bits per heavy atom. The number of nitrogens with two attached hydrogens (primary N) is 2. The van der Waals surface area contributed by atoms with E-state index in [1.807, 2.05) is 6.92 Å². The zero-order valence-corrected chi connectivity index (χ0v) is 11.2. The molecule has 0 aromatic rings. The highest BCUT2D eigenvalue weighted by atomic mass is 16.4. The summed E-state index contributed by atoms with van der Waals surface area (Å²) in [4.78, 5) is 22.8. The van der Waals surface area contributed by atoms with Gasteiger partial charge in [-0.15, -0.1) is 0 Å². The summed E-state index contributed by atoms with van der Waals surface area (Å²) >= 11 is 0. The van der Waals surface area contributed by atoms with Crippen molar-refractivity contribution >= 4 is 11.9 Å². The molecule has 0 aliphatic rings. The van der Waals surface area contributed by atoms with E-state index in [1.165, 1.54) is 0 Å². The molecule has 0 radical (unpaired) electrons. The minimum atomic E-state index is -1.02. The molecule has 0 heterocycles. The molecule has 0 aliphatic carbocycles. The van der Waals surface area contributed by atoms with Gasteiger partial charge in [0.05, 0.1) is 6.04 Å². The Morgan fingerprint density at radius 2 is 1.94 bits per heavy atom. The number of carbonyl (C=O) groups excluding carboxylic acids is 1. The second kappa shape index (κ2) is 8.88. The van der Waals surface area contributed by atoms with Gasteiger partial charge in [0.25, 0.3) is 0 Å². The molecule has 0 bridgehead atoms. The second-order valence-corrected chi connectivity index (χ2v) is 4.60. The summed E-state index contributed by atoms with van der Waals surface area (Å²) in [6, 6.07) is -1.54. The van der Waals surface area contributed by atoms with E-state index < -0.39 is 24.0 Å². The van der Waals surface area contributed by atoms with E-state index in [-0.39, 0.29) is 5.92 Å². The van der Waals surface area contributed by atoms with Crippen molar-refractivity contribution in [1.82, 2.24) is 5.32 Å². The third-order valence-corrected chi connectivity index (χ3v) is 3.08. The van der Waals surface area contributed by atoms with E-state index >= 15 is 0 Å². The first-order valence-electron chi connectivity index (χ1n) is 6.42. The summed E-state index contributed by atoms with van der Waals surface area (Å²) in [5, 5.41) is 11.5. The van der Waals surface area contributed by atoms with Crippen LogP contribution in [0.3, 0.4) is 0 Å². The van der Waals surface area contributed by atoms with Crippen LogP contribution in [0.2, 0.25) is 0 Å². The molecule has 106 valence electrons. The van der Waals surface area contributed by atoms with Crippen LogP contribution in [0.15, 0.2) is 0 Å². The summed E-state index contributed by atoms with van der Waals surface area (Å²) in [5.41, 5.74) is 11.1. The smallest absolute Gasteiger partial charge is 0.326 e. The predicted octanol–water partition coefficient (Wildman–Crippen LogP) is 0.0582. The fraction of sp³-hybridized carbons (Fsp3) is 0.833. The third kappa shape index (κ3) is 5.97. The van der Waals surface area contributed by atoms with Gasteiger partial charge in [0.1, 0.15) is 6.04 Å². The Morgan fingerprint density at radius 3 is 2.39 bits per heavy atom. The lowest BCUT2D eigenvalue weighted by Crippen LogP contribution is -2.50. The Labute approximate surface area is 108 Å². The summed E-state index contributed by atoms with van der Waals surface area (Å²) < 4.78 is 0. The maximum Gasteiger partial charge on any atom is 0.326 e. The third-order valence-electron chi connectivity index (χ3n) is 3.08. The van der Waals surface area contributed by atoms with Gasteiger partial charge in [-0.05, 0) is 25.3 Å². The Hall–Kier alpha value is -1.14. The van der Waals surface area contributed by atoms with Crippen LogP contribution in [0, 0.1) is 5.92 Å².